The van der Waals surface area contributed by atoms with E-state index >= 15 is 0 Å². The van der Waals surface area contributed by atoms with E-state index in [0.29, 0.717) is 29.1 Å². The Kier molecular flexibility index (Phi) is 6.80. The van der Waals surface area contributed by atoms with Gasteiger partial charge in [-0.2, -0.15) is 0 Å². The average Bonchev–Trinajstić information content (AvgIpc) is 3.11. The zero-order valence-corrected chi connectivity index (χ0v) is 23.4. The van der Waals surface area contributed by atoms with Gasteiger partial charge in [0.15, 0.2) is 0 Å². The number of allylic oxidation sites excluding steroid dienone is 5. The summed E-state index contributed by atoms with van der Waals surface area (Å²) in [5.41, 5.74) is 3.77. The van der Waals surface area contributed by atoms with E-state index in [1.54, 1.807) is 12.5 Å². The number of hydrogen-bond donors (Lipinski definition) is 0. The molecule has 0 aromatic heterocycles. The van der Waals surface area contributed by atoms with Gasteiger partial charge in [0.2, 0.25) is 0 Å². The van der Waals surface area contributed by atoms with Crippen molar-refractivity contribution in [3.05, 3.63) is 35.5 Å². The second kappa shape index (κ2) is 8.97. The van der Waals surface area contributed by atoms with Gasteiger partial charge in [-0.05, 0) is 84.9 Å². The Balaban J connectivity index is 1.61. The van der Waals surface area contributed by atoms with E-state index in [0.717, 1.165) is 24.7 Å². The van der Waals surface area contributed by atoms with Crippen LogP contribution in [0.2, 0.25) is 0 Å². The van der Waals surface area contributed by atoms with Crippen molar-refractivity contribution >= 4 is 5.97 Å². The van der Waals surface area contributed by atoms with Gasteiger partial charge in [0.1, 0.15) is 6.10 Å². The number of fused-ring (bicyclic) bond motifs is 5. The summed E-state index contributed by atoms with van der Waals surface area (Å²) in [6.45, 7) is 20.8. The Labute approximate surface area is 209 Å². The summed E-state index contributed by atoms with van der Waals surface area (Å²) in [6.07, 6.45) is 17.4. The first-order chi connectivity index (χ1) is 15.8. The van der Waals surface area contributed by atoms with E-state index in [-0.39, 0.29) is 22.9 Å². The first-order valence-electron chi connectivity index (χ1n) is 14.1. The normalized spacial score (nSPS) is 40.6. The molecule has 0 saturated heterocycles. The van der Waals surface area contributed by atoms with E-state index in [1.807, 2.05) is 0 Å². The number of rotatable bonds is 5. The molecule has 0 N–H and O–H groups in total. The van der Waals surface area contributed by atoms with Crippen molar-refractivity contribution in [2.45, 2.75) is 107 Å². The van der Waals surface area contributed by atoms with Crippen LogP contribution < -0.4 is 0 Å². The number of esters is 1. The van der Waals surface area contributed by atoms with Gasteiger partial charge in [-0.1, -0.05) is 90.8 Å². The molecule has 8 atom stereocenters. The van der Waals surface area contributed by atoms with Crippen molar-refractivity contribution < 1.29 is 9.53 Å². The molecular formula is C32H50O2. The van der Waals surface area contributed by atoms with Crippen LogP contribution >= 0.6 is 0 Å². The molecule has 4 aliphatic carbocycles. The van der Waals surface area contributed by atoms with Crippen molar-refractivity contribution in [1.82, 2.24) is 0 Å². The number of carbonyl (C=O) groups is 1. The predicted octanol–water partition coefficient (Wildman–Crippen LogP) is 8.54. The fourth-order valence-corrected chi connectivity index (χ4v) is 8.71. The summed E-state index contributed by atoms with van der Waals surface area (Å²) in [7, 11) is 0. The van der Waals surface area contributed by atoms with Gasteiger partial charge < -0.3 is 4.74 Å². The lowest BCUT2D eigenvalue weighted by molar-refractivity contribution is -0.155. The van der Waals surface area contributed by atoms with Gasteiger partial charge in [-0.3, -0.25) is 4.79 Å². The Hall–Kier alpha value is -1.31. The summed E-state index contributed by atoms with van der Waals surface area (Å²) < 4.78 is 5.81. The smallest absolute Gasteiger partial charge is 0.302 e. The monoisotopic (exact) mass is 466 g/mol. The topological polar surface area (TPSA) is 26.3 Å². The van der Waals surface area contributed by atoms with Crippen LogP contribution in [-0.2, 0) is 9.53 Å². The van der Waals surface area contributed by atoms with E-state index in [9.17, 15) is 4.79 Å². The van der Waals surface area contributed by atoms with Crippen molar-refractivity contribution in [3.8, 4) is 0 Å². The van der Waals surface area contributed by atoms with Gasteiger partial charge in [0.25, 0.3) is 0 Å². The van der Waals surface area contributed by atoms with Crippen LogP contribution in [0.1, 0.15) is 101 Å². The maximum Gasteiger partial charge on any atom is 0.302 e. The molecule has 0 heterocycles. The summed E-state index contributed by atoms with van der Waals surface area (Å²) in [6, 6.07) is 0. The Morgan fingerprint density at radius 1 is 0.941 bits per heavy atom. The third kappa shape index (κ3) is 4.05. The highest BCUT2D eigenvalue weighted by Gasteiger charge is 2.59. The van der Waals surface area contributed by atoms with Crippen LogP contribution in [0.15, 0.2) is 35.5 Å². The summed E-state index contributed by atoms with van der Waals surface area (Å²) in [4.78, 5) is 11.8. The zero-order valence-electron chi connectivity index (χ0n) is 23.4. The van der Waals surface area contributed by atoms with Crippen molar-refractivity contribution in [2.24, 2.45) is 51.8 Å². The van der Waals surface area contributed by atoms with E-state index in [2.05, 4.69) is 79.7 Å². The van der Waals surface area contributed by atoms with Crippen LogP contribution in [-0.4, -0.2) is 12.1 Å². The molecule has 0 bridgehead atoms. The zero-order chi connectivity index (χ0) is 25.1. The molecule has 190 valence electrons. The van der Waals surface area contributed by atoms with Gasteiger partial charge in [0.05, 0.1) is 0 Å². The standard InChI is InChI=1S/C32H50O2/c1-20(2)21(3)10-11-22(4)25-13-14-26-24-12-15-28-30(6,7)29(34-23(5)33)17-19-32(28,9)27(24)16-18-31(25,26)8/h10-12,15,20-22,25-27,29H,13-14,16-19H2,1-9H3/b11-10+. The number of hydrogen-bond acceptors (Lipinski definition) is 2. The van der Waals surface area contributed by atoms with Crippen molar-refractivity contribution in [3.63, 3.8) is 0 Å². The Bertz CT molecular complexity index is 889. The lowest BCUT2D eigenvalue weighted by atomic mass is 9.47. The lowest BCUT2D eigenvalue weighted by Crippen LogP contribution is -2.52. The molecule has 4 rings (SSSR count). The highest BCUT2D eigenvalue weighted by Crippen LogP contribution is 2.67. The second-order valence-electron chi connectivity index (χ2n) is 13.7. The molecule has 0 aromatic carbocycles. The maximum absolute atomic E-state index is 11.8. The fraction of sp³-hybridized carbons (Fsp3) is 0.781. The molecule has 0 aliphatic heterocycles. The van der Waals surface area contributed by atoms with E-state index in [1.165, 1.54) is 31.3 Å². The minimum atomic E-state index is -0.147. The molecule has 0 radical (unpaired) electrons. The molecule has 3 fully saturated rings. The van der Waals surface area contributed by atoms with Crippen LogP contribution in [0.4, 0.5) is 0 Å². The van der Waals surface area contributed by atoms with Gasteiger partial charge in [0, 0.05) is 12.3 Å². The van der Waals surface area contributed by atoms with Gasteiger partial charge >= 0.3 is 5.97 Å². The summed E-state index contributed by atoms with van der Waals surface area (Å²) in [5, 5.41) is 0. The minimum Gasteiger partial charge on any atom is -0.462 e. The third-order valence-electron chi connectivity index (χ3n) is 11.2. The molecule has 4 aliphatic rings. The second-order valence-corrected chi connectivity index (χ2v) is 13.7. The molecule has 0 aromatic rings. The molecule has 0 spiro atoms. The van der Waals surface area contributed by atoms with Crippen LogP contribution in [0.25, 0.3) is 0 Å². The molecule has 34 heavy (non-hydrogen) atoms. The highest BCUT2D eigenvalue weighted by molar-refractivity contribution is 5.66. The van der Waals surface area contributed by atoms with E-state index < -0.39 is 0 Å². The molecular weight excluding hydrogens is 416 g/mol. The molecule has 3 saturated carbocycles. The first kappa shape index (κ1) is 25.8. The van der Waals surface area contributed by atoms with Crippen molar-refractivity contribution in [2.75, 3.05) is 0 Å². The largest absolute Gasteiger partial charge is 0.462 e. The third-order valence-corrected chi connectivity index (χ3v) is 11.2. The molecule has 2 nitrogen and oxygen atoms in total. The van der Waals surface area contributed by atoms with E-state index in [4.69, 9.17) is 4.74 Å². The molecule has 2 heteroatoms. The minimum absolute atomic E-state index is 0.00939. The van der Waals surface area contributed by atoms with Crippen LogP contribution in [0.3, 0.4) is 0 Å². The highest BCUT2D eigenvalue weighted by atomic mass is 16.5. The SMILES string of the molecule is CC(=O)OC1CCC2(C)C(=CC=C3C2CCC2(C)C3CCC2C(C)/C=C/C(C)C(C)C)C1(C)C. The predicted molar refractivity (Wildman–Crippen MR) is 142 cm³/mol. The van der Waals surface area contributed by atoms with Crippen LogP contribution in [0, 0.1) is 51.8 Å². The Morgan fingerprint density at radius 2 is 1.65 bits per heavy atom. The quantitative estimate of drug-likeness (QED) is 0.300. The van der Waals surface area contributed by atoms with Gasteiger partial charge in [-0.15, -0.1) is 0 Å². The average molecular weight is 467 g/mol. The number of ether oxygens (including phenoxy) is 1. The van der Waals surface area contributed by atoms with Crippen LogP contribution in [0.5, 0.6) is 0 Å². The van der Waals surface area contributed by atoms with Gasteiger partial charge in [-0.25, -0.2) is 0 Å². The summed E-state index contributed by atoms with van der Waals surface area (Å²) in [5.74, 6) is 4.01. The first-order valence-corrected chi connectivity index (χ1v) is 14.1. The van der Waals surface area contributed by atoms with Crippen molar-refractivity contribution in [1.29, 1.82) is 0 Å². The Morgan fingerprint density at radius 3 is 2.29 bits per heavy atom. The molecule has 8 unspecified atom stereocenters. The summed E-state index contributed by atoms with van der Waals surface area (Å²) >= 11 is 0. The lowest BCUT2D eigenvalue weighted by Gasteiger charge is -2.58. The fourth-order valence-electron chi connectivity index (χ4n) is 8.71. The number of carbonyl (C=O) groups excluding carboxylic acids is 1. The maximum atomic E-state index is 11.8. The molecule has 0 amide bonds.